The van der Waals surface area contributed by atoms with Crippen molar-refractivity contribution in [2.75, 3.05) is 36.0 Å². The van der Waals surface area contributed by atoms with Gasteiger partial charge in [0, 0.05) is 56.7 Å². The standard InChI is InChI=1S/C24H21ClN6/c1-3-17-8-9-22(26-15-17)30-10-12-31(13-11-30)23-14-18(19(25)16-27-23)24-28-20-6-4-5-7-21(20)29(24)2/h1,4-9,14-16H,10-13H2,2H3. The van der Waals surface area contributed by atoms with Gasteiger partial charge in [-0.2, -0.15) is 0 Å². The molecule has 3 aromatic heterocycles. The quantitative estimate of drug-likeness (QED) is 0.462. The molecule has 0 bridgehead atoms. The molecule has 0 unspecified atom stereocenters. The Morgan fingerprint density at radius 3 is 2.32 bits per heavy atom. The Bertz CT molecular complexity index is 1280. The number of pyridine rings is 2. The van der Waals surface area contributed by atoms with Crippen LogP contribution in [-0.2, 0) is 7.05 Å². The molecule has 1 fully saturated rings. The molecule has 0 spiro atoms. The summed E-state index contributed by atoms with van der Waals surface area (Å²) in [6, 6.07) is 14.0. The van der Waals surface area contributed by atoms with E-state index in [-0.39, 0.29) is 0 Å². The Kier molecular flexibility index (Phi) is 4.97. The van der Waals surface area contributed by atoms with Gasteiger partial charge in [-0.05, 0) is 30.3 Å². The Balaban J connectivity index is 1.38. The Labute approximate surface area is 186 Å². The summed E-state index contributed by atoms with van der Waals surface area (Å²) in [5.74, 6) is 5.30. The topological polar surface area (TPSA) is 50.1 Å². The third-order valence-corrected chi connectivity index (χ3v) is 6.01. The minimum absolute atomic E-state index is 0.596. The molecule has 6 nitrogen and oxygen atoms in total. The summed E-state index contributed by atoms with van der Waals surface area (Å²) in [5.41, 5.74) is 3.71. The van der Waals surface area contributed by atoms with E-state index in [9.17, 15) is 0 Å². The van der Waals surface area contributed by atoms with Crippen LogP contribution in [0.1, 0.15) is 5.56 Å². The predicted molar refractivity (Wildman–Crippen MR) is 126 cm³/mol. The van der Waals surface area contributed by atoms with Gasteiger partial charge in [-0.1, -0.05) is 29.7 Å². The van der Waals surface area contributed by atoms with Crippen LogP contribution in [0.3, 0.4) is 0 Å². The van der Waals surface area contributed by atoms with Crippen molar-refractivity contribution in [3.63, 3.8) is 0 Å². The number of fused-ring (bicyclic) bond motifs is 1. The molecule has 0 atom stereocenters. The third kappa shape index (κ3) is 3.58. The highest BCUT2D eigenvalue weighted by Crippen LogP contribution is 2.32. The first kappa shape index (κ1) is 19.4. The maximum Gasteiger partial charge on any atom is 0.142 e. The second-order valence-corrected chi connectivity index (χ2v) is 7.94. The number of hydrogen-bond acceptors (Lipinski definition) is 5. The van der Waals surface area contributed by atoms with E-state index in [2.05, 4.69) is 36.3 Å². The van der Waals surface area contributed by atoms with Crippen LogP contribution in [0.4, 0.5) is 11.6 Å². The molecule has 1 aliphatic heterocycles. The van der Waals surface area contributed by atoms with Crippen molar-refractivity contribution in [2.24, 2.45) is 7.05 Å². The number of benzene rings is 1. The first-order chi connectivity index (χ1) is 15.1. The zero-order valence-electron chi connectivity index (χ0n) is 17.2. The van der Waals surface area contributed by atoms with Gasteiger partial charge in [-0.15, -0.1) is 6.42 Å². The van der Waals surface area contributed by atoms with E-state index in [1.54, 1.807) is 12.4 Å². The normalized spacial score (nSPS) is 14.1. The highest BCUT2D eigenvalue weighted by atomic mass is 35.5. The second-order valence-electron chi connectivity index (χ2n) is 7.53. The van der Waals surface area contributed by atoms with Gasteiger partial charge in [0.05, 0.1) is 16.1 Å². The molecule has 4 heterocycles. The molecule has 0 aliphatic carbocycles. The average molecular weight is 429 g/mol. The van der Waals surface area contributed by atoms with Gasteiger partial charge >= 0.3 is 0 Å². The van der Waals surface area contributed by atoms with Crippen LogP contribution in [-0.4, -0.2) is 45.7 Å². The van der Waals surface area contributed by atoms with E-state index in [1.807, 2.05) is 43.4 Å². The lowest BCUT2D eigenvalue weighted by Gasteiger charge is -2.36. The van der Waals surface area contributed by atoms with E-state index in [1.165, 1.54) is 0 Å². The fraction of sp³-hybridized carbons (Fsp3) is 0.208. The highest BCUT2D eigenvalue weighted by molar-refractivity contribution is 6.33. The number of aromatic nitrogens is 4. The number of aryl methyl sites for hydroxylation is 1. The van der Waals surface area contributed by atoms with E-state index in [0.717, 1.165) is 65.8 Å². The Morgan fingerprint density at radius 2 is 1.65 bits per heavy atom. The summed E-state index contributed by atoms with van der Waals surface area (Å²) < 4.78 is 2.07. The van der Waals surface area contributed by atoms with Crippen molar-refractivity contribution >= 4 is 34.3 Å². The van der Waals surface area contributed by atoms with Crippen LogP contribution in [0.5, 0.6) is 0 Å². The summed E-state index contributed by atoms with van der Waals surface area (Å²) in [5, 5.41) is 0.596. The molecule has 0 radical (unpaired) electrons. The summed E-state index contributed by atoms with van der Waals surface area (Å²) in [4.78, 5) is 18.4. The summed E-state index contributed by atoms with van der Waals surface area (Å²) in [6.45, 7) is 3.40. The molecule has 1 aromatic carbocycles. The molecular weight excluding hydrogens is 408 g/mol. The molecule has 7 heteroatoms. The number of nitrogens with zero attached hydrogens (tertiary/aromatic N) is 6. The molecule has 154 valence electrons. The minimum atomic E-state index is 0.596. The van der Waals surface area contributed by atoms with Crippen molar-refractivity contribution in [3.8, 4) is 23.7 Å². The van der Waals surface area contributed by atoms with Crippen molar-refractivity contribution in [2.45, 2.75) is 0 Å². The van der Waals surface area contributed by atoms with E-state index in [4.69, 9.17) is 23.0 Å². The summed E-state index contributed by atoms with van der Waals surface area (Å²) >= 11 is 6.53. The SMILES string of the molecule is C#Cc1ccc(N2CCN(c3cc(-c4nc5ccccc5n4C)c(Cl)cn3)CC2)nc1. The minimum Gasteiger partial charge on any atom is -0.353 e. The monoisotopic (exact) mass is 428 g/mol. The fourth-order valence-electron chi connectivity index (χ4n) is 3.98. The number of rotatable bonds is 3. The van der Waals surface area contributed by atoms with Gasteiger partial charge in [0.1, 0.15) is 17.5 Å². The maximum absolute atomic E-state index is 6.53. The number of piperazine rings is 1. The molecule has 1 aliphatic rings. The molecular formula is C24H21ClN6. The van der Waals surface area contributed by atoms with E-state index >= 15 is 0 Å². The first-order valence-corrected chi connectivity index (χ1v) is 10.5. The number of imidazole rings is 1. The molecule has 0 amide bonds. The number of hydrogen-bond donors (Lipinski definition) is 0. The average Bonchev–Trinajstić information content (AvgIpc) is 3.16. The van der Waals surface area contributed by atoms with Crippen molar-refractivity contribution in [1.82, 2.24) is 19.5 Å². The third-order valence-electron chi connectivity index (χ3n) is 5.71. The smallest absolute Gasteiger partial charge is 0.142 e. The van der Waals surface area contributed by atoms with Crippen LogP contribution in [0, 0.1) is 12.3 Å². The van der Waals surface area contributed by atoms with Crippen LogP contribution < -0.4 is 9.80 Å². The zero-order valence-corrected chi connectivity index (χ0v) is 17.9. The number of para-hydroxylation sites is 2. The Hall–Kier alpha value is -3.56. The van der Waals surface area contributed by atoms with Crippen molar-refractivity contribution in [3.05, 3.63) is 65.4 Å². The lowest BCUT2D eigenvalue weighted by molar-refractivity contribution is 0.642. The lowest BCUT2D eigenvalue weighted by atomic mass is 10.2. The number of terminal acetylenes is 1. The lowest BCUT2D eigenvalue weighted by Crippen LogP contribution is -2.47. The molecule has 0 saturated carbocycles. The van der Waals surface area contributed by atoms with Crippen LogP contribution in [0.15, 0.2) is 54.9 Å². The van der Waals surface area contributed by atoms with Gasteiger partial charge in [-0.25, -0.2) is 15.0 Å². The van der Waals surface area contributed by atoms with Crippen molar-refractivity contribution < 1.29 is 0 Å². The van der Waals surface area contributed by atoms with Gasteiger partial charge < -0.3 is 14.4 Å². The van der Waals surface area contributed by atoms with Crippen LogP contribution in [0.2, 0.25) is 5.02 Å². The summed E-state index contributed by atoms with van der Waals surface area (Å²) in [7, 11) is 2.01. The van der Waals surface area contributed by atoms with Gasteiger partial charge in [0.15, 0.2) is 0 Å². The molecule has 0 N–H and O–H groups in total. The molecule has 31 heavy (non-hydrogen) atoms. The molecule has 1 saturated heterocycles. The van der Waals surface area contributed by atoms with Crippen molar-refractivity contribution in [1.29, 1.82) is 0 Å². The Morgan fingerprint density at radius 1 is 0.935 bits per heavy atom. The second kappa shape index (κ2) is 7.93. The van der Waals surface area contributed by atoms with E-state index < -0.39 is 0 Å². The van der Waals surface area contributed by atoms with Crippen LogP contribution in [0.25, 0.3) is 22.4 Å². The summed E-state index contributed by atoms with van der Waals surface area (Å²) in [6.07, 6.45) is 8.89. The fourth-order valence-corrected chi connectivity index (χ4v) is 4.17. The maximum atomic E-state index is 6.53. The van der Waals surface area contributed by atoms with Gasteiger partial charge in [-0.3, -0.25) is 0 Å². The molecule has 5 rings (SSSR count). The number of halogens is 1. The van der Waals surface area contributed by atoms with Gasteiger partial charge in [0.25, 0.3) is 0 Å². The largest absolute Gasteiger partial charge is 0.353 e. The highest BCUT2D eigenvalue weighted by Gasteiger charge is 2.21. The van der Waals surface area contributed by atoms with E-state index in [0.29, 0.717) is 5.02 Å². The van der Waals surface area contributed by atoms with Gasteiger partial charge in [0.2, 0.25) is 0 Å². The first-order valence-electron chi connectivity index (χ1n) is 10.1. The van der Waals surface area contributed by atoms with Crippen LogP contribution >= 0.6 is 11.6 Å². The molecule has 4 aromatic rings. The predicted octanol–water partition coefficient (Wildman–Crippen LogP) is 3.99. The zero-order chi connectivity index (χ0) is 21.4. The number of anilines is 2.